The van der Waals surface area contributed by atoms with Crippen molar-refractivity contribution in [2.24, 2.45) is 17.8 Å². The number of rotatable bonds is 14. The van der Waals surface area contributed by atoms with Gasteiger partial charge in [-0.1, -0.05) is 40.5 Å². The maximum Gasteiger partial charge on any atom is 0.245 e. The third-order valence-corrected chi connectivity index (χ3v) is 9.01. The van der Waals surface area contributed by atoms with Crippen LogP contribution in [0, 0.1) is 17.8 Å². The quantitative estimate of drug-likeness (QED) is 0.299. The third kappa shape index (κ3) is 5.34. The van der Waals surface area contributed by atoms with Crippen LogP contribution >= 0.6 is 0 Å². The Kier molecular flexibility index (Phi) is 9.45. The van der Waals surface area contributed by atoms with Crippen molar-refractivity contribution >= 4 is 23.4 Å². The molecule has 4 rings (SSSR count). The average Bonchev–Trinajstić information content (AvgIpc) is 3.54. The van der Waals surface area contributed by atoms with E-state index in [2.05, 4.69) is 17.6 Å². The lowest BCUT2D eigenvalue weighted by Gasteiger charge is -2.38. The normalized spacial score (nSPS) is 29.5. The summed E-state index contributed by atoms with van der Waals surface area (Å²) in [6, 6.07) is 5.74. The number of nitrogens with one attached hydrogen (secondary N) is 2. The van der Waals surface area contributed by atoms with Crippen LogP contribution in [0.15, 0.2) is 24.3 Å². The fourth-order valence-electron chi connectivity index (χ4n) is 7.27. The lowest BCUT2D eigenvalue weighted by molar-refractivity contribution is -0.150. The van der Waals surface area contributed by atoms with Gasteiger partial charge in [0.2, 0.25) is 17.7 Å². The second-order valence-electron chi connectivity index (χ2n) is 12.0. The number of nitrogens with zero attached hydrogens (tertiary/aromatic N) is 1. The molecule has 3 heterocycles. The van der Waals surface area contributed by atoms with Gasteiger partial charge in [0.05, 0.1) is 36.7 Å². The Morgan fingerprint density at radius 2 is 1.85 bits per heavy atom. The zero-order valence-corrected chi connectivity index (χ0v) is 24.7. The van der Waals surface area contributed by atoms with Gasteiger partial charge in [0, 0.05) is 12.2 Å². The first kappa shape index (κ1) is 30.3. The van der Waals surface area contributed by atoms with Gasteiger partial charge < -0.3 is 30.1 Å². The molecule has 9 nitrogen and oxygen atoms in total. The molecule has 9 heteroatoms. The second kappa shape index (κ2) is 12.5. The highest BCUT2D eigenvalue weighted by atomic mass is 16.5. The van der Waals surface area contributed by atoms with Crippen molar-refractivity contribution in [2.75, 3.05) is 25.1 Å². The van der Waals surface area contributed by atoms with E-state index in [4.69, 9.17) is 9.47 Å². The van der Waals surface area contributed by atoms with Crippen molar-refractivity contribution in [3.8, 4) is 5.75 Å². The highest BCUT2D eigenvalue weighted by Crippen LogP contribution is 2.64. The summed E-state index contributed by atoms with van der Waals surface area (Å²) in [5, 5.41) is 16.5. The van der Waals surface area contributed by atoms with E-state index in [1.807, 2.05) is 27.7 Å². The molecule has 3 fully saturated rings. The molecular formula is C31H47N3O6. The van der Waals surface area contributed by atoms with Crippen molar-refractivity contribution in [1.29, 1.82) is 0 Å². The predicted molar refractivity (Wildman–Crippen MR) is 153 cm³/mol. The summed E-state index contributed by atoms with van der Waals surface area (Å²) in [6.45, 7) is 10.9. The van der Waals surface area contributed by atoms with E-state index in [1.165, 1.54) is 0 Å². The highest BCUT2D eigenvalue weighted by molar-refractivity contribution is 6.02. The summed E-state index contributed by atoms with van der Waals surface area (Å²) in [5.74, 6) is -1.43. The molecule has 6 atom stereocenters. The van der Waals surface area contributed by atoms with Crippen molar-refractivity contribution in [3.63, 3.8) is 0 Å². The Morgan fingerprint density at radius 3 is 2.45 bits per heavy atom. The number of amides is 3. The van der Waals surface area contributed by atoms with E-state index < -0.39 is 35.1 Å². The first-order valence-electron chi connectivity index (χ1n) is 15.1. The number of fused-ring (bicyclic) bond motifs is 1. The molecule has 1 aromatic rings. The number of ether oxygens (including phenoxy) is 2. The van der Waals surface area contributed by atoms with Gasteiger partial charge in [-0.05, 0) is 69.2 Å². The summed E-state index contributed by atoms with van der Waals surface area (Å²) in [4.78, 5) is 43.7. The second-order valence-corrected chi connectivity index (χ2v) is 12.0. The van der Waals surface area contributed by atoms with Gasteiger partial charge in [0.1, 0.15) is 17.4 Å². The van der Waals surface area contributed by atoms with E-state index in [-0.39, 0.29) is 30.2 Å². The minimum atomic E-state index is -1.10. The van der Waals surface area contributed by atoms with E-state index in [0.29, 0.717) is 50.3 Å². The lowest BCUT2D eigenvalue weighted by Crippen LogP contribution is -2.58. The first-order valence-corrected chi connectivity index (χ1v) is 15.1. The minimum Gasteiger partial charge on any atom is -0.494 e. The lowest BCUT2D eigenvalue weighted by atomic mass is 9.65. The Bertz CT molecular complexity index is 1060. The maximum absolute atomic E-state index is 14.3. The van der Waals surface area contributed by atoms with Crippen LogP contribution in [0.25, 0.3) is 0 Å². The van der Waals surface area contributed by atoms with Crippen LogP contribution in [0.2, 0.25) is 0 Å². The van der Waals surface area contributed by atoms with Crippen LogP contribution in [0.5, 0.6) is 5.75 Å². The summed E-state index contributed by atoms with van der Waals surface area (Å²) in [5.41, 5.74) is -1.32. The number of likely N-dealkylation sites (tertiary alicyclic amines) is 1. The number of anilines is 1. The van der Waals surface area contributed by atoms with Gasteiger partial charge in [-0.3, -0.25) is 14.4 Å². The molecule has 0 aliphatic carbocycles. The third-order valence-electron chi connectivity index (χ3n) is 9.01. The van der Waals surface area contributed by atoms with Gasteiger partial charge in [-0.15, -0.1) is 0 Å². The molecule has 222 valence electrons. The standard InChI is InChI=1S/C31H47N3O6/c1-6-9-10-17-32-28(37)26-31-16-15-30(7-2,40-31)24(25(31)29(38)34(26)22(19-35)18-20(4)5)27(36)33-21-11-13-23(14-12-21)39-8-3/h11-14,20,22,24-26,35H,6-10,15-19H2,1-5H3,(H,32,37)(H,33,36)/t22-,24-,25+,26?,30+,31?/m1/s1. The zero-order valence-electron chi connectivity index (χ0n) is 24.7. The average molecular weight is 558 g/mol. The molecular weight excluding hydrogens is 510 g/mol. The predicted octanol–water partition coefficient (Wildman–Crippen LogP) is 3.89. The molecule has 1 spiro atoms. The number of benzene rings is 1. The zero-order chi connectivity index (χ0) is 29.1. The van der Waals surface area contributed by atoms with Crippen molar-refractivity contribution in [1.82, 2.24) is 10.2 Å². The summed E-state index contributed by atoms with van der Waals surface area (Å²) in [7, 11) is 0. The molecule has 0 radical (unpaired) electrons. The number of hydrogen-bond donors (Lipinski definition) is 3. The van der Waals surface area contributed by atoms with Crippen LogP contribution in [0.1, 0.15) is 79.6 Å². The van der Waals surface area contributed by atoms with Crippen molar-refractivity contribution < 1.29 is 29.0 Å². The van der Waals surface area contributed by atoms with Gasteiger partial charge in [0.15, 0.2) is 0 Å². The number of aliphatic hydroxyl groups is 1. The van der Waals surface area contributed by atoms with Gasteiger partial charge in [0.25, 0.3) is 0 Å². The Balaban J connectivity index is 1.69. The molecule has 3 aliphatic rings. The molecule has 2 unspecified atom stereocenters. The van der Waals surface area contributed by atoms with Gasteiger partial charge >= 0.3 is 0 Å². The van der Waals surface area contributed by atoms with E-state index in [1.54, 1.807) is 29.2 Å². The minimum absolute atomic E-state index is 0.203. The molecule has 3 N–H and O–H groups in total. The molecule has 40 heavy (non-hydrogen) atoms. The van der Waals surface area contributed by atoms with Crippen molar-refractivity contribution in [2.45, 2.75) is 103 Å². The first-order chi connectivity index (χ1) is 19.2. The van der Waals surface area contributed by atoms with E-state index >= 15 is 0 Å². The maximum atomic E-state index is 14.3. The van der Waals surface area contributed by atoms with Crippen LogP contribution in [-0.2, 0) is 19.1 Å². The highest BCUT2D eigenvalue weighted by Gasteiger charge is 2.79. The molecule has 3 aliphatic heterocycles. The Hall–Kier alpha value is -2.65. The van der Waals surface area contributed by atoms with E-state index in [0.717, 1.165) is 19.3 Å². The number of carbonyl (C=O) groups is 3. The Labute approximate surface area is 238 Å². The number of unbranched alkanes of at least 4 members (excludes halogenated alkanes) is 2. The van der Waals surface area contributed by atoms with Crippen molar-refractivity contribution in [3.05, 3.63) is 24.3 Å². The fourth-order valence-corrected chi connectivity index (χ4v) is 7.27. The number of hydrogen-bond acceptors (Lipinski definition) is 6. The van der Waals surface area contributed by atoms with E-state index in [9.17, 15) is 19.5 Å². The number of aliphatic hydroxyl groups excluding tert-OH is 1. The molecule has 0 aromatic heterocycles. The SMILES string of the molecule is CCCCCNC(=O)C1N([C@@H](CO)CC(C)C)C(=O)[C@@H]2[C@H](C(=O)Nc3ccc(OCC)cc3)[C@]3(CC)CCC12O3. The molecule has 2 bridgehead atoms. The van der Waals surface area contributed by atoms with Crippen LogP contribution in [-0.4, -0.2) is 70.8 Å². The summed E-state index contributed by atoms with van der Waals surface area (Å²) < 4.78 is 12.3. The molecule has 0 saturated carbocycles. The summed E-state index contributed by atoms with van der Waals surface area (Å²) in [6.07, 6.45) is 5.10. The monoisotopic (exact) mass is 557 g/mol. The van der Waals surface area contributed by atoms with Gasteiger partial charge in [-0.25, -0.2) is 0 Å². The largest absolute Gasteiger partial charge is 0.494 e. The molecule has 3 saturated heterocycles. The van der Waals surface area contributed by atoms with Crippen LogP contribution in [0.3, 0.4) is 0 Å². The smallest absolute Gasteiger partial charge is 0.245 e. The Morgan fingerprint density at radius 1 is 1.12 bits per heavy atom. The van der Waals surface area contributed by atoms with Gasteiger partial charge in [-0.2, -0.15) is 0 Å². The topological polar surface area (TPSA) is 117 Å². The van der Waals surface area contributed by atoms with Crippen LogP contribution in [0.4, 0.5) is 5.69 Å². The molecule has 3 amide bonds. The fraction of sp³-hybridized carbons (Fsp3) is 0.710. The van der Waals surface area contributed by atoms with Crippen LogP contribution < -0.4 is 15.4 Å². The molecule has 1 aromatic carbocycles. The number of carbonyl (C=O) groups excluding carboxylic acids is 3. The summed E-state index contributed by atoms with van der Waals surface area (Å²) >= 11 is 0.